The molecule has 0 atom stereocenters. The number of amides is 1. The summed E-state index contributed by atoms with van der Waals surface area (Å²) in [7, 11) is 0. The molecule has 94 valence electrons. The zero-order valence-electron chi connectivity index (χ0n) is 9.68. The van der Waals surface area contributed by atoms with Crippen LogP contribution in [-0.2, 0) is 11.3 Å². The minimum absolute atomic E-state index is 0.0216. The average molecular weight is 247 g/mol. The SMILES string of the molecule is Nc1ccc2c(c1)oc(=O)n2CC(=O)NC1CC1. The van der Waals surface area contributed by atoms with E-state index in [0.29, 0.717) is 16.8 Å². The maximum atomic E-state index is 11.7. The molecule has 18 heavy (non-hydrogen) atoms. The van der Waals surface area contributed by atoms with Crippen molar-refractivity contribution in [2.24, 2.45) is 0 Å². The Labute approximate surface area is 102 Å². The van der Waals surface area contributed by atoms with Crippen molar-refractivity contribution in [3.8, 4) is 0 Å². The second-order valence-corrected chi connectivity index (χ2v) is 4.52. The number of carbonyl (C=O) groups is 1. The molecule has 1 aliphatic carbocycles. The lowest BCUT2D eigenvalue weighted by molar-refractivity contribution is -0.121. The van der Waals surface area contributed by atoms with E-state index in [2.05, 4.69) is 5.32 Å². The zero-order chi connectivity index (χ0) is 12.7. The maximum Gasteiger partial charge on any atom is 0.420 e. The molecule has 1 aliphatic rings. The normalized spacial score (nSPS) is 14.9. The summed E-state index contributed by atoms with van der Waals surface area (Å²) >= 11 is 0. The highest BCUT2D eigenvalue weighted by atomic mass is 16.4. The summed E-state index contributed by atoms with van der Waals surface area (Å²) in [5.74, 6) is -0.708. The van der Waals surface area contributed by atoms with Crippen molar-refractivity contribution in [2.45, 2.75) is 25.4 Å². The van der Waals surface area contributed by atoms with E-state index >= 15 is 0 Å². The Balaban J connectivity index is 1.92. The van der Waals surface area contributed by atoms with Gasteiger partial charge in [-0.1, -0.05) is 0 Å². The van der Waals surface area contributed by atoms with Crippen LogP contribution < -0.4 is 16.8 Å². The van der Waals surface area contributed by atoms with E-state index in [1.165, 1.54) is 4.57 Å². The lowest BCUT2D eigenvalue weighted by atomic mass is 10.3. The number of nitrogens with zero attached hydrogens (tertiary/aromatic N) is 1. The number of benzene rings is 1. The lowest BCUT2D eigenvalue weighted by Gasteiger charge is -2.03. The lowest BCUT2D eigenvalue weighted by Crippen LogP contribution is -2.32. The molecular formula is C12H13N3O3. The Morgan fingerprint density at radius 3 is 3.00 bits per heavy atom. The van der Waals surface area contributed by atoms with Crippen LogP contribution in [0.15, 0.2) is 27.4 Å². The van der Waals surface area contributed by atoms with Gasteiger partial charge in [0.15, 0.2) is 5.58 Å². The topological polar surface area (TPSA) is 90.3 Å². The van der Waals surface area contributed by atoms with Crippen molar-refractivity contribution in [1.82, 2.24) is 9.88 Å². The van der Waals surface area contributed by atoms with E-state index in [1.54, 1.807) is 18.2 Å². The van der Waals surface area contributed by atoms with E-state index in [1.807, 2.05) is 0 Å². The maximum absolute atomic E-state index is 11.7. The molecule has 0 saturated heterocycles. The largest absolute Gasteiger partial charge is 0.420 e. The zero-order valence-corrected chi connectivity index (χ0v) is 9.68. The van der Waals surface area contributed by atoms with Gasteiger partial charge in [-0.25, -0.2) is 4.79 Å². The smallest absolute Gasteiger partial charge is 0.408 e. The molecule has 2 aromatic rings. The van der Waals surface area contributed by atoms with Gasteiger partial charge >= 0.3 is 5.76 Å². The number of aromatic nitrogens is 1. The fourth-order valence-electron chi connectivity index (χ4n) is 1.88. The van der Waals surface area contributed by atoms with Gasteiger partial charge in [0.2, 0.25) is 5.91 Å². The fraction of sp³-hybridized carbons (Fsp3) is 0.333. The first-order valence-electron chi connectivity index (χ1n) is 5.82. The minimum Gasteiger partial charge on any atom is -0.408 e. The molecule has 0 aliphatic heterocycles. The Kier molecular flexibility index (Phi) is 2.36. The highest BCUT2D eigenvalue weighted by Gasteiger charge is 2.24. The highest BCUT2D eigenvalue weighted by molar-refractivity contribution is 5.81. The first-order valence-corrected chi connectivity index (χ1v) is 5.82. The van der Waals surface area contributed by atoms with Crippen LogP contribution in [0.4, 0.5) is 5.69 Å². The van der Waals surface area contributed by atoms with Crippen molar-refractivity contribution >= 4 is 22.7 Å². The second kappa shape index (κ2) is 3.90. The predicted octanol–water partition coefficient (Wildman–Crippen LogP) is 0.455. The summed E-state index contributed by atoms with van der Waals surface area (Å²) in [6, 6.07) is 5.21. The highest BCUT2D eigenvalue weighted by Crippen LogP contribution is 2.19. The number of anilines is 1. The van der Waals surface area contributed by atoms with E-state index in [0.717, 1.165) is 12.8 Å². The standard InChI is InChI=1S/C12H13N3O3/c13-7-1-4-9-10(5-7)18-12(17)15(9)6-11(16)14-8-2-3-8/h1,4-5,8H,2-3,6,13H2,(H,14,16). The second-order valence-electron chi connectivity index (χ2n) is 4.52. The van der Waals surface area contributed by atoms with Gasteiger partial charge < -0.3 is 15.5 Å². The quantitative estimate of drug-likeness (QED) is 0.771. The monoisotopic (exact) mass is 247 g/mol. The molecule has 1 aromatic carbocycles. The molecule has 1 fully saturated rings. The summed E-state index contributed by atoms with van der Waals surface area (Å²) in [6.45, 7) is -0.0216. The fourth-order valence-corrected chi connectivity index (χ4v) is 1.88. The third kappa shape index (κ3) is 1.97. The molecule has 0 unspecified atom stereocenters. The van der Waals surface area contributed by atoms with Crippen molar-refractivity contribution in [3.05, 3.63) is 28.7 Å². The Bertz CT molecular complexity index is 667. The summed E-state index contributed by atoms with van der Waals surface area (Å²) in [5.41, 5.74) is 7.11. The number of carbonyl (C=O) groups excluding carboxylic acids is 1. The summed E-state index contributed by atoms with van der Waals surface area (Å²) < 4.78 is 6.36. The average Bonchev–Trinajstić information content (AvgIpc) is 3.05. The molecule has 6 heteroatoms. The van der Waals surface area contributed by atoms with Crippen LogP contribution in [0.3, 0.4) is 0 Å². The molecule has 1 aromatic heterocycles. The molecule has 0 spiro atoms. The van der Waals surface area contributed by atoms with Crippen LogP contribution in [0.5, 0.6) is 0 Å². The number of nitrogens with one attached hydrogen (secondary N) is 1. The van der Waals surface area contributed by atoms with Gasteiger partial charge in [0, 0.05) is 17.8 Å². The minimum atomic E-state index is -0.540. The van der Waals surface area contributed by atoms with Crippen molar-refractivity contribution in [1.29, 1.82) is 0 Å². The molecule has 6 nitrogen and oxygen atoms in total. The van der Waals surface area contributed by atoms with E-state index < -0.39 is 5.76 Å². The van der Waals surface area contributed by atoms with Gasteiger partial charge in [-0.3, -0.25) is 9.36 Å². The van der Waals surface area contributed by atoms with E-state index in [9.17, 15) is 9.59 Å². The van der Waals surface area contributed by atoms with Crippen LogP contribution in [0.1, 0.15) is 12.8 Å². The third-order valence-electron chi connectivity index (χ3n) is 2.94. The number of nitrogen functional groups attached to an aromatic ring is 1. The van der Waals surface area contributed by atoms with Crippen LogP contribution >= 0.6 is 0 Å². The molecule has 0 bridgehead atoms. The van der Waals surface area contributed by atoms with Gasteiger partial charge in [0.1, 0.15) is 6.54 Å². The molecule has 0 radical (unpaired) electrons. The molecule has 1 saturated carbocycles. The Morgan fingerprint density at radius 1 is 1.50 bits per heavy atom. The van der Waals surface area contributed by atoms with Crippen molar-refractivity contribution < 1.29 is 9.21 Å². The van der Waals surface area contributed by atoms with E-state index in [4.69, 9.17) is 10.2 Å². The number of rotatable bonds is 3. The summed E-state index contributed by atoms with van der Waals surface area (Å²) in [5, 5.41) is 2.83. The summed E-state index contributed by atoms with van der Waals surface area (Å²) in [4.78, 5) is 23.3. The number of hydrogen-bond acceptors (Lipinski definition) is 4. The summed E-state index contributed by atoms with van der Waals surface area (Å²) in [6.07, 6.45) is 2.03. The first-order chi connectivity index (χ1) is 8.63. The van der Waals surface area contributed by atoms with E-state index in [-0.39, 0.29) is 18.5 Å². The van der Waals surface area contributed by atoms with Gasteiger partial charge in [0.25, 0.3) is 0 Å². The molecule has 3 rings (SSSR count). The predicted molar refractivity (Wildman–Crippen MR) is 66.1 cm³/mol. The van der Waals surface area contributed by atoms with Crippen molar-refractivity contribution in [3.63, 3.8) is 0 Å². The van der Waals surface area contributed by atoms with Gasteiger partial charge in [-0.15, -0.1) is 0 Å². The van der Waals surface area contributed by atoms with Crippen LogP contribution in [0, 0.1) is 0 Å². The molecule has 3 N–H and O–H groups in total. The van der Waals surface area contributed by atoms with Crippen LogP contribution in [0.25, 0.3) is 11.1 Å². The third-order valence-corrected chi connectivity index (χ3v) is 2.94. The van der Waals surface area contributed by atoms with Crippen LogP contribution in [-0.4, -0.2) is 16.5 Å². The van der Waals surface area contributed by atoms with Crippen LogP contribution in [0.2, 0.25) is 0 Å². The van der Waals surface area contributed by atoms with Gasteiger partial charge in [0.05, 0.1) is 5.52 Å². The molecular weight excluding hydrogens is 234 g/mol. The Hall–Kier alpha value is -2.24. The number of fused-ring (bicyclic) bond motifs is 1. The van der Waals surface area contributed by atoms with Crippen molar-refractivity contribution in [2.75, 3.05) is 5.73 Å². The first kappa shape index (κ1) is 10.9. The van der Waals surface area contributed by atoms with Gasteiger partial charge in [-0.05, 0) is 25.0 Å². The number of nitrogens with two attached hydrogens (primary N) is 1. The molecule has 1 amide bonds. The Morgan fingerprint density at radius 2 is 2.28 bits per heavy atom. The number of hydrogen-bond donors (Lipinski definition) is 2. The number of oxazole rings is 1. The van der Waals surface area contributed by atoms with Gasteiger partial charge in [-0.2, -0.15) is 0 Å². The molecule has 1 heterocycles.